The summed E-state index contributed by atoms with van der Waals surface area (Å²) < 4.78 is 23.6. The standard InChI is InChI=1S/C55H97N2O6P/c1-6-8-10-12-14-16-18-20-22-24-25-26-27-28-29-30-31-33-35-37-39-41-43-45-47-49-55(59)56-53(52-63-64(60,61)62-51-50-57(3,4)5)54(58)48-46-44-42-40-38-36-34-32-23-21-19-17-15-13-11-9-7-2/h8,10,14,16,20,22-23,25-26,28-29,32,38,40,46,48,53-54,58H,6-7,9,11-13,15,17-19,21,24,27,30-31,33-37,39,41-45,47,49-52H2,1-5H3,(H-,56,59,60,61)/p+1/b10-8-,16-14-,22-20-,26-25-,29-28-,32-23+,40-38+,48-46+. The molecular weight excluding hydrogens is 816 g/mol. The summed E-state index contributed by atoms with van der Waals surface area (Å²) in [5.41, 5.74) is 0. The molecule has 3 N–H and O–H groups in total. The van der Waals surface area contributed by atoms with Crippen LogP contribution in [0.1, 0.15) is 194 Å². The molecule has 0 aliphatic carbocycles. The number of rotatable bonds is 45. The molecule has 0 spiro atoms. The third-order valence-electron chi connectivity index (χ3n) is 10.8. The number of likely N-dealkylation sites (N-methyl/N-ethyl adjacent to an activating group) is 1. The van der Waals surface area contributed by atoms with Crippen molar-refractivity contribution in [2.24, 2.45) is 0 Å². The Kier molecular flexibility index (Phi) is 43.7. The van der Waals surface area contributed by atoms with E-state index in [1.807, 2.05) is 27.2 Å². The summed E-state index contributed by atoms with van der Waals surface area (Å²) in [5.74, 6) is -0.202. The fourth-order valence-corrected chi connectivity index (χ4v) is 7.48. The van der Waals surface area contributed by atoms with Crippen molar-refractivity contribution < 1.29 is 32.9 Å². The lowest BCUT2D eigenvalue weighted by molar-refractivity contribution is -0.870. The first-order chi connectivity index (χ1) is 31.0. The number of unbranched alkanes of at least 4 members (excludes halogenated alkanes) is 18. The first-order valence-electron chi connectivity index (χ1n) is 25.6. The van der Waals surface area contributed by atoms with Crippen molar-refractivity contribution in [3.63, 3.8) is 0 Å². The average molecular weight is 914 g/mol. The number of nitrogens with one attached hydrogen (secondary N) is 1. The Morgan fingerprint density at radius 1 is 0.547 bits per heavy atom. The van der Waals surface area contributed by atoms with Gasteiger partial charge >= 0.3 is 7.82 Å². The topological polar surface area (TPSA) is 105 Å². The van der Waals surface area contributed by atoms with Crippen LogP contribution < -0.4 is 5.32 Å². The van der Waals surface area contributed by atoms with E-state index in [4.69, 9.17) is 9.05 Å². The van der Waals surface area contributed by atoms with Crippen molar-refractivity contribution in [3.8, 4) is 0 Å². The van der Waals surface area contributed by atoms with Crippen molar-refractivity contribution in [3.05, 3.63) is 97.2 Å². The van der Waals surface area contributed by atoms with Crippen molar-refractivity contribution >= 4 is 13.7 Å². The minimum atomic E-state index is -4.36. The number of phosphoric ester groups is 1. The summed E-state index contributed by atoms with van der Waals surface area (Å²) in [6, 6.07) is -0.879. The minimum absolute atomic E-state index is 0.0472. The third-order valence-corrected chi connectivity index (χ3v) is 11.7. The molecule has 368 valence electrons. The van der Waals surface area contributed by atoms with E-state index in [1.54, 1.807) is 6.08 Å². The van der Waals surface area contributed by atoms with Crippen LogP contribution in [0.15, 0.2) is 97.2 Å². The zero-order chi connectivity index (χ0) is 47.1. The number of quaternary nitrogens is 1. The summed E-state index contributed by atoms with van der Waals surface area (Å²) >= 11 is 0. The van der Waals surface area contributed by atoms with E-state index in [2.05, 4.69) is 104 Å². The van der Waals surface area contributed by atoms with Crippen LogP contribution in [0.25, 0.3) is 0 Å². The fourth-order valence-electron chi connectivity index (χ4n) is 6.75. The second-order valence-corrected chi connectivity index (χ2v) is 19.6. The first kappa shape index (κ1) is 61.4. The molecular formula is C55H98N2O6P+. The van der Waals surface area contributed by atoms with Gasteiger partial charge in [-0.1, -0.05) is 195 Å². The molecule has 0 fully saturated rings. The van der Waals surface area contributed by atoms with E-state index in [1.165, 1.54) is 89.9 Å². The normalized spacial score (nSPS) is 14.9. The second-order valence-electron chi connectivity index (χ2n) is 18.1. The molecule has 0 saturated carbocycles. The number of hydrogen-bond acceptors (Lipinski definition) is 5. The molecule has 0 aromatic carbocycles. The predicted octanol–water partition coefficient (Wildman–Crippen LogP) is 15.1. The smallest absolute Gasteiger partial charge is 0.387 e. The molecule has 1 amide bonds. The van der Waals surface area contributed by atoms with Crippen molar-refractivity contribution in [2.75, 3.05) is 40.9 Å². The minimum Gasteiger partial charge on any atom is -0.387 e. The molecule has 0 aliphatic rings. The Labute approximate surface area is 394 Å². The molecule has 8 nitrogen and oxygen atoms in total. The number of hydrogen-bond donors (Lipinski definition) is 3. The zero-order valence-corrected chi connectivity index (χ0v) is 42.6. The van der Waals surface area contributed by atoms with Gasteiger partial charge in [-0.15, -0.1) is 0 Å². The molecule has 0 saturated heterocycles. The van der Waals surface area contributed by atoms with Crippen LogP contribution in [0, 0.1) is 0 Å². The molecule has 9 heteroatoms. The lowest BCUT2D eigenvalue weighted by Crippen LogP contribution is -2.45. The monoisotopic (exact) mass is 914 g/mol. The molecule has 0 aromatic rings. The SMILES string of the molecule is CC/C=C\C/C=C\C/C=C\C/C=C\C/C=C\CCCCCCCCCCCC(=O)NC(COP(=O)(O)OCC[N+](C)(C)C)C(O)/C=C/CC/C=C/CC/C=C/CCCCCCCCC. The summed E-state index contributed by atoms with van der Waals surface area (Å²) in [7, 11) is 1.53. The van der Waals surface area contributed by atoms with Crippen LogP contribution in [0.3, 0.4) is 0 Å². The molecule has 64 heavy (non-hydrogen) atoms. The summed E-state index contributed by atoms with van der Waals surface area (Å²) in [6.45, 7) is 4.65. The van der Waals surface area contributed by atoms with E-state index in [0.717, 1.165) is 83.5 Å². The Balaban J connectivity index is 4.38. The van der Waals surface area contributed by atoms with Crippen LogP contribution >= 0.6 is 7.82 Å². The van der Waals surface area contributed by atoms with Gasteiger partial charge in [0.25, 0.3) is 0 Å². The quantitative estimate of drug-likeness (QED) is 0.0243. The number of aliphatic hydroxyl groups is 1. The zero-order valence-electron chi connectivity index (χ0n) is 41.7. The van der Waals surface area contributed by atoms with E-state index in [-0.39, 0.29) is 19.1 Å². The van der Waals surface area contributed by atoms with Crippen LogP contribution in [0.5, 0.6) is 0 Å². The molecule has 0 aromatic heterocycles. The van der Waals surface area contributed by atoms with E-state index < -0.39 is 20.0 Å². The van der Waals surface area contributed by atoms with E-state index in [0.29, 0.717) is 17.4 Å². The second kappa shape index (κ2) is 45.6. The van der Waals surface area contributed by atoms with Gasteiger partial charge in [-0.3, -0.25) is 13.8 Å². The maximum absolute atomic E-state index is 12.9. The maximum Gasteiger partial charge on any atom is 0.472 e. The Hall–Kier alpha value is -2.58. The number of phosphoric acid groups is 1. The molecule has 0 heterocycles. The summed E-state index contributed by atoms with van der Waals surface area (Å²) in [4.78, 5) is 23.2. The maximum atomic E-state index is 12.9. The highest BCUT2D eigenvalue weighted by Gasteiger charge is 2.27. The Bertz CT molecular complexity index is 1360. The highest BCUT2D eigenvalue weighted by molar-refractivity contribution is 7.47. The van der Waals surface area contributed by atoms with Crippen LogP contribution in [0.4, 0.5) is 0 Å². The van der Waals surface area contributed by atoms with Crippen LogP contribution in [-0.2, 0) is 18.4 Å². The number of aliphatic hydroxyl groups excluding tert-OH is 1. The van der Waals surface area contributed by atoms with Gasteiger partial charge in [0.05, 0.1) is 39.9 Å². The molecule has 3 unspecified atom stereocenters. The number of nitrogens with zero attached hydrogens (tertiary/aromatic N) is 1. The molecule has 0 bridgehead atoms. The van der Waals surface area contributed by atoms with E-state index >= 15 is 0 Å². The van der Waals surface area contributed by atoms with Gasteiger partial charge in [-0.25, -0.2) is 4.57 Å². The summed E-state index contributed by atoms with van der Waals surface area (Å²) in [5, 5.41) is 13.9. The molecule has 0 radical (unpaired) electrons. The third kappa shape index (κ3) is 47.4. The van der Waals surface area contributed by atoms with Gasteiger partial charge < -0.3 is 19.8 Å². The van der Waals surface area contributed by atoms with Gasteiger partial charge in [0.2, 0.25) is 5.91 Å². The highest BCUT2D eigenvalue weighted by atomic mass is 31.2. The molecule has 0 rings (SSSR count). The number of amides is 1. The molecule has 3 atom stereocenters. The van der Waals surface area contributed by atoms with Gasteiger partial charge in [-0.2, -0.15) is 0 Å². The van der Waals surface area contributed by atoms with Gasteiger partial charge in [0.1, 0.15) is 13.2 Å². The lowest BCUT2D eigenvalue weighted by Gasteiger charge is -2.25. The van der Waals surface area contributed by atoms with Gasteiger partial charge in [-0.05, 0) is 89.9 Å². The van der Waals surface area contributed by atoms with Crippen LogP contribution in [-0.4, -0.2) is 73.4 Å². The van der Waals surface area contributed by atoms with Crippen molar-refractivity contribution in [1.29, 1.82) is 0 Å². The van der Waals surface area contributed by atoms with Crippen molar-refractivity contribution in [2.45, 2.75) is 206 Å². The number of allylic oxidation sites excluding steroid dienone is 15. The van der Waals surface area contributed by atoms with Crippen molar-refractivity contribution in [1.82, 2.24) is 5.32 Å². The lowest BCUT2D eigenvalue weighted by atomic mass is 10.1. The average Bonchev–Trinajstić information content (AvgIpc) is 3.25. The number of carbonyl (C=O) groups excluding carboxylic acids is 1. The predicted molar refractivity (Wildman–Crippen MR) is 276 cm³/mol. The van der Waals surface area contributed by atoms with Gasteiger partial charge in [0, 0.05) is 6.42 Å². The Morgan fingerprint density at radius 3 is 1.44 bits per heavy atom. The molecule has 0 aliphatic heterocycles. The highest BCUT2D eigenvalue weighted by Crippen LogP contribution is 2.43. The number of carbonyl (C=O) groups is 1. The summed E-state index contributed by atoms with van der Waals surface area (Å²) in [6.07, 6.45) is 64.9. The Morgan fingerprint density at radius 2 is 0.953 bits per heavy atom. The fraction of sp³-hybridized carbons (Fsp3) is 0.691. The van der Waals surface area contributed by atoms with Crippen LogP contribution in [0.2, 0.25) is 0 Å². The first-order valence-corrected chi connectivity index (χ1v) is 27.1. The van der Waals surface area contributed by atoms with E-state index in [9.17, 15) is 19.4 Å². The van der Waals surface area contributed by atoms with Gasteiger partial charge in [0.15, 0.2) is 0 Å². The largest absolute Gasteiger partial charge is 0.472 e.